The number of nitrogens with zero attached hydrogens (tertiary/aromatic N) is 1. The van der Waals surface area contributed by atoms with E-state index in [1.54, 1.807) is 7.05 Å². The van der Waals surface area contributed by atoms with E-state index in [1.165, 1.54) is 4.90 Å². The summed E-state index contributed by atoms with van der Waals surface area (Å²) in [6, 6.07) is -0.572. The maximum absolute atomic E-state index is 11.6. The van der Waals surface area contributed by atoms with Gasteiger partial charge in [0.25, 0.3) is 5.91 Å². The monoisotopic (exact) mass is 242 g/mol. The quantitative estimate of drug-likeness (QED) is 0.715. The van der Waals surface area contributed by atoms with Crippen LogP contribution in [-0.4, -0.2) is 41.0 Å². The molecule has 17 heavy (non-hydrogen) atoms. The van der Waals surface area contributed by atoms with Crippen molar-refractivity contribution < 1.29 is 19.5 Å². The molecule has 0 aliphatic carbocycles. The Labute approximate surface area is 100 Å². The van der Waals surface area contributed by atoms with E-state index in [-0.39, 0.29) is 12.0 Å². The normalized spacial score (nSPS) is 12.5. The van der Waals surface area contributed by atoms with Crippen molar-refractivity contribution in [3.05, 3.63) is 12.2 Å². The second-order valence-corrected chi connectivity index (χ2v) is 4.06. The summed E-state index contributed by atoms with van der Waals surface area (Å²) in [5.74, 6) is -1.73. The number of rotatable bonds is 4. The van der Waals surface area contributed by atoms with E-state index < -0.39 is 17.9 Å². The zero-order valence-electron chi connectivity index (χ0n) is 10.4. The van der Waals surface area contributed by atoms with Gasteiger partial charge in [-0.25, -0.2) is 9.59 Å². The molecule has 1 atom stereocenters. The highest BCUT2D eigenvalue weighted by Crippen LogP contribution is 2.07. The largest absolute Gasteiger partial charge is 0.478 e. The second kappa shape index (κ2) is 6.67. The first-order valence-corrected chi connectivity index (χ1v) is 5.24. The second-order valence-electron chi connectivity index (χ2n) is 4.06. The molecule has 0 saturated heterocycles. The summed E-state index contributed by atoms with van der Waals surface area (Å²) in [6.07, 6.45) is 1.47. The summed E-state index contributed by atoms with van der Waals surface area (Å²) < 4.78 is 0. The van der Waals surface area contributed by atoms with Gasteiger partial charge in [0.2, 0.25) is 0 Å². The van der Waals surface area contributed by atoms with Crippen molar-refractivity contribution in [1.29, 1.82) is 0 Å². The maximum atomic E-state index is 11.6. The highest BCUT2D eigenvalue weighted by molar-refractivity contribution is 6.02. The number of hydrogen-bond donors (Lipinski definition) is 2. The van der Waals surface area contributed by atoms with Crippen LogP contribution in [-0.2, 0) is 9.59 Å². The Morgan fingerprint density at radius 1 is 1.18 bits per heavy atom. The molecule has 0 radical (unpaired) electrons. The highest BCUT2D eigenvalue weighted by Gasteiger charge is 2.19. The first-order chi connectivity index (χ1) is 7.75. The molecule has 6 nitrogen and oxygen atoms in total. The first-order valence-electron chi connectivity index (χ1n) is 5.24. The third kappa shape index (κ3) is 5.70. The summed E-state index contributed by atoms with van der Waals surface area (Å²) >= 11 is 0. The Balaban J connectivity index is 4.35. The van der Waals surface area contributed by atoms with Gasteiger partial charge in [-0.1, -0.05) is 13.8 Å². The van der Waals surface area contributed by atoms with E-state index >= 15 is 0 Å². The third-order valence-electron chi connectivity index (χ3n) is 2.50. The zero-order chi connectivity index (χ0) is 13.6. The Morgan fingerprint density at radius 3 is 2.12 bits per heavy atom. The third-order valence-corrected chi connectivity index (χ3v) is 2.50. The summed E-state index contributed by atoms with van der Waals surface area (Å²) in [5.41, 5.74) is 0. The molecule has 2 N–H and O–H groups in total. The van der Waals surface area contributed by atoms with Gasteiger partial charge < -0.3 is 10.0 Å². The summed E-state index contributed by atoms with van der Waals surface area (Å²) in [5, 5.41) is 10.4. The number of urea groups is 1. The van der Waals surface area contributed by atoms with Crippen LogP contribution in [0, 0.1) is 5.92 Å². The van der Waals surface area contributed by atoms with Crippen LogP contribution >= 0.6 is 0 Å². The average Bonchev–Trinajstić information content (AvgIpc) is 2.23. The van der Waals surface area contributed by atoms with Crippen LogP contribution in [0.5, 0.6) is 0 Å². The molecule has 0 aromatic heterocycles. The van der Waals surface area contributed by atoms with Gasteiger partial charge in [0, 0.05) is 25.2 Å². The van der Waals surface area contributed by atoms with Crippen molar-refractivity contribution in [3.63, 3.8) is 0 Å². The predicted octanol–water partition coefficient (Wildman–Crippen LogP) is 0.840. The van der Waals surface area contributed by atoms with E-state index in [0.717, 1.165) is 6.08 Å². The molecule has 0 saturated carbocycles. The molecule has 0 aliphatic rings. The minimum atomic E-state index is -1.24. The molecule has 0 spiro atoms. The summed E-state index contributed by atoms with van der Waals surface area (Å²) in [7, 11) is 1.58. The number of carboxylic acid groups (broad SMARTS) is 1. The van der Waals surface area contributed by atoms with Crippen LogP contribution in [0.15, 0.2) is 12.2 Å². The predicted molar refractivity (Wildman–Crippen MR) is 62.4 cm³/mol. The van der Waals surface area contributed by atoms with E-state index in [2.05, 4.69) is 5.32 Å². The molecule has 0 rings (SSSR count). The van der Waals surface area contributed by atoms with Crippen molar-refractivity contribution in [1.82, 2.24) is 10.2 Å². The minimum Gasteiger partial charge on any atom is -0.478 e. The van der Waals surface area contributed by atoms with Crippen molar-refractivity contribution in [2.75, 3.05) is 7.05 Å². The van der Waals surface area contributed by atoms with E-state index in [9.17, 15) is 14.4 Å². The Bertz CT molecular complexity index is 336. The molecule has 0 heterocycles. The first kappa shape index (κ1) is 15.2. The number of carbonyl (C=O) groups is 3. The van der Waals surface area contributed by atoms with Gasteiger partial charge in [-0.3, -0.25) is 10.1 Å². The number of amides is 3. The molecule has 0 fully saturated rings. The fraction of sp³-hybridized carbons (Fsp3) is 0.545. The number of hydrogen-bond acceptors (Lipinski definition) is 3. The van der Waals surface area contributed by atoms with Gasteiger partial charge in [0.1, 0.15) is 0 Å². The van der Waals surface area contributed by atoms with Gasteiger partial charge in [0.15, 0.2) is 0 Å². The summed E-state index contributed by atoms with van der Waals surface area (Å²) in [6.45, 7) is 5.78. The molecular weight excluding hydrogens is 224 g/mol. The molecule has 0 aliphatic heterocycles. The molecule has 0 aromatic rings. The van der Waals surface area contributed by atoms with Crippen LogP contribution < -0.4 is 5.32 Å². The molecule has 3 amide bonds. The van der Waals surface area contributed by atoms with Crippen LogP contribution in [0.3, 0.4) is 0 Å². The maximum Gasteiger partial charge on any atom is 0.328 e. The Kier molecular flexibility index (Phi) is 5.95. The molecule has 1 unspecified atom stereocenters. The molecule has 0 bridgehead atoms. The number of aliphatic carboxylic acids is 1. The lowest BCUT2D eigenvalue weighted by Crippen LogP contribution is -2.46. The Hall–Kier alpha value is -1.85. The topological polar surface area (TPSA) is 86.7 Å². The molecular formula is C11H18N2O4. The lowest BCUT2D eigenvalue weighted by Gasteiger charge is -2.27. The van der Waals surface area contributed by atoms with Gasteiger partial charge in [-0.15, -0.1) is 0 Å². The SMILES string of the molecule is CC(C)C(C)N(C)C(=O)NC(=O)/C=C/C(=O)O. The molecule has 96 valence electrons. The molecule has 6 heteroatoms. The van der Waals surface area contributed by atoms with Crippen molar-refractivity contribution in [2.24, 2.45) is 5.92 Å². The summed E-state index contributed by atoms with van der Waals surface area (Å²) in [4.78, 5) is 34.3. The number of carbonyl (C=O) groups excluding carboxylic acids is 2. The van der Waals surface area contributed by atoms with E-state index in [1.807, 2.05) is 20.8 Å². The number of imide groups is 1. The van der Waals surface area contributed by atoms with Crippen LogP contribution in [0.4, 0.5) is 4.79 Å². The minimum absolute atomic E-state index is 0.0220. The van der Waals surface area contributed by atoms with Gasteiger partial charge in [0.05, 0.1) is 0 Å². The van der Waals surface area contributed by atoms with Crippen molar-refractivity contribution >= 4 is 17.9 Å². The lowest BCUT2D eigenvalue weighted by atomic mass is 10.1. The number of carboxylic acids is 1. The van der Waals surface area contributed by atoms with Crippen molar-refractivity contribution in [2.45, 2.75) is 26.8 Å². The van der Waals surface area contributed by atoms with Crippen molar-refractivity contribution in [3.8, 4) is 0 Å². The zero-order valence-corrected chi connectivity index (χ0v) is 10.4. The van der Waals surface area contributed by atoms with E-state index in [0.29, 0.717) is 6.08 Å². The van der Waals surface area contributed by atoms with Gasteiger partial charge in [-0.05, 0) is 12.8 Å². The van der Waals surface area contributed by atoms with Crippen LogP contribution in [0.1, 0.15) is 20.8 Å². The van der Waals surface area contributed by atoms with E-state index in [4.69, 9.17) is 5.11 Å². The van der Waals surface area contributed by atoms with Crippen LogP contribution in [0.2, 0.25) is 0 Å². The van der Waals surface area contributed by atoms with Crippen LogP contribution in [0.25, 0.3) is 0 Å². The van der Waals surface area contributed by atoms with Gasteiger partial charge in [-0.2, -0.15) is 0 Å². The molecule has 0 aromatic carbocycles. The fourth-order valence-corrected chi connectivity index (χ4v) is 1.01. The van der Waals surface area contributed by atoms with Gasteiger partial charge >= 0.3 is 12.0 Å². The fourth-order valence-electron chi connectivity index (χ4n) is 1.01. The lowest BCUT2D eigenvalue weighted by molar-refractivity contribution is -0.131. The Morgan fingerprint density at radius 2 is 1.71 bits per heavy atom. The number of nitrogens with one attached hydrogen (secondary N) is 1. The standard InChI is InChI=1S/C11H18N2O4/c1-7(2)8(3)13(4)11(17)12-9(14)5-6-10(15)16/h5-8H,1-4H3,(H,15,16)(H,12,14,17)/b6-5+. The smallest absolute Gasteiger partial charge is 0.328 e. The average molecular weight is 242 g/mol. The highest BCUT2D eigenvalue weighted by atomic mass is 16.4.